The van der Waals surface area contributed by atoms with Gasteiger partial charge < -0.3 is 20.4 Å². The van der Waals surface area contributed by atoms with Crippen LogP contribution in [0.15, 0.2) is 54.0 Å². The number of hydrogen-bond donors (Lipinski definition) is 2. The molecule has 2 aliphatic rings. The van der Waals surface area contributed by atoms with Gasteiger partial charge in [0.05, 0.1) is 28.0 Å². The van der Waals surface area contributed by atoms with E-state index in [1.807, 2.05) is 25.7 Å². The highest BCUT2D eigenvalue weighted by molar-refractivity contribution is 5.96. The first kappa shape index (κ1) is 29.9. The molecule has 3 amide bonds. The number of pyridine rings is 2. The van der Waals surface area contributed by atoms with Crippen molar-refractivity contribution >= 4 is 34.5 Å². The van der Waals surface area contributed by atoms with Crippen LogP contribution in [0.3, 0.4) is 0 Å². The van der Waals surface area contributed by atoms with Crippen LogP contribution in [-0.4, -0.2) is 68.6 Å². The summed E-state index contributed by atoms with van der Waals surface area (Å²) in [6, 6.07) is 6.06. The van der Waals surface area contributed by atoms with Gasteiger partial charge in [0, 0.05) is 38.4 Å². The van der Waals surface area contributed by atoms with Crippen LogP contribution in [0.5, 0.6) is 0 Å². The number of carbonyl (C=O) groups excluding carboxylic acids is 2. The van der Waals surface area contributed by atoms with Gasteiger partial charge in [-0.2, -0.15) is 4.98 Å². The average molecular weight is 615 g/mol. The Morgan fingerprint density at radius 3 is 2.67 bits per heavy atom. The van der Waals surface area contributed by atoms with Gasteiger partial charge in [0.2, 0.25) is 5.91 Å². The second-order valence-electron chi connectivity index (χ2n) is 11.4. The number of amides is 3. The van der Waals surface area contributed by atoms with Gasteiger partial charge in [0.25, 0.3) is 0 Å². The number of rotatable bonds is 3. The number of nitrogens with zero attached hydrogens (tertiary/aromatic N) is 6. The third-order valence-corrected chi connectivity index (χ3v) is 8.17. The standard InChI is InChI=1S/C32H32F2N8O3/c1-5-24(43)40-13-14-41(18(4)16-40)29-20-15-22(34)27-25-21(33)7-6-8-23(25)37-31(44)36-12-10-19-9-11-35-26(17(2)3)28(19)42(30(20)38-27)32(45)39-29/h5-9,11,15,17-18H,1,10,12-14,16H2,2-4H3,(H2,36,37,44)/t18-/m0/s1. The van der Waals surface area contributed by atoms with Gasteiger partial charge >= 0.3 is 11.7 Å². The van der Waals surface area contributed by atoms with E-state index in [0.29, 0.717) is 43.0 Å². The quantitative estimate of drug-likeness (QED) is 0.332. The lowest BCUT2D eigenvalue weighted by Crippen LogP contribution is -2.54. The van der Waals surface area contributed by atoms with E-state index in [0.717, 1.165) is 6.07 Å². The molecule has 2 N–H and O–H groups in total. The van der Waals surface area contributed by atoms with Crippen LogP contribution < -0.4 is 21.2 Å². The third kappa shape index (κ3) is 5.28. The molecule has 0 radical (unpaired) electrons. The SMILES string of the molecule is C=CC(=O)N1CCN(c2nc(=O)n3c4nc(c(F)cc24)-c2c(F)cccc2NC(=O)NCCc2ccnc(C(C)C)c2-3)[C@@H](C)C1. The zero-order valence-corrected chi connectivity index (χ0v) is 25.1. The van der Waals surface area contributed by atoms with Gasteiger partial charge in [-0.15, -0.1) is 0 Å². The van der Waals surface area contributed by atoms with E-state index in [9.17, 15) is 14.4 Å². The second kappa shape index (κ2) is 11.7. The molecule has 1 saturated heterocycles. The summed E-state index contributed by atoms with van der Waals surface area (Å²) in [4.78, 5) is 56.5. The number of nitrogens with one attached hydrogen (secondary N) is 2. The molecule has 5 heterocycles. The van der Waals surface area contributed by atoms with E-state index >= 15 is 8.78 Å². The molecule has 1 aromatic carbocycles. The Hall–Kier alpha value is -5.20. The Kier molecular flexibility index (Phi) is 7.77. The highest BCUT2D eigenvalue weighted by Gasteiger charge is 2.31. The molecule has 4 aromatic rings. The fourth-order valence-corrected chi connectivity index (χ4v) is 6.04. The van der Waals surface area contributed by atoms with E-state index in [1.165, 1.54) is 28.8 Å². The fourth-order valence-electron chi connectivity index (χ4n) is 6.04. The molecule has 3 aromatic heterocycles. The average Bonchev–Trinajstić information content (AvgIpc) is 3.01. The topological polar surface area (TPSA) is 125 Å². The van der Waals surface area contributed by atoms with Crippen LogP contribution in [0.25, 0.3) is 28.0 Å². The van der Waals surface area contributed by atoms with Crippen molar-refractivity contribution in [3.05, 3.63) is 82.6 Å². The monoisotopic (exact) mass is 614 g/mol. The first-order chi connectivity index (χ1) is 21.6. The summed E-state index contributed by atoms with van der Waals surface area (Å²) in [5.41, 5.74) is 0.441. The van der Waals surface area contributed by atoms with E-state index < -0.39 is 23.4 Å². The highest BCUT2D eigenvalue weighted by atomic mass is 19.1. The summed E-state index contributed by atoms with van der Waals surface area (Å²) >= 11 is 0. The Balaban J connectivity index is 1.69. The van der Waals surface area contributed by atoms with Crippen molar-refractivity contribution in [2.24, 2.45) is 0 Å². The maximum atomic E-state index is 16.2. The number of hydrogen-bond acceptors (Lipinski definition) is 7. The maximum Gasteiger partial charge on any atom is 0.355 e. The molecule has 0 unspecified atom stereocenters. The summed E-state index contributed by atoms with van der Waals surface area (Å²) in [6.45, 7) is 10.5. The van der Waals surface area contributed by atoms with E-state index in [1.54, 1.807) is 17.2 Å². The largest absolute Gasteiger partial charge is 0.355 e. The molecular formula is C32H32F2N8O3. The normalized spacial score (nSPS) is 16.7. The van der Waals surface area contributed by atoms with Crippen LogP contribution in [0.2, 0.25) is 0 Å². The van der Waals surface area contributed by atoms with Crippen molar-refractivity contribution in [3.63, 3.8) is 0 Å². The molecule has 1 atom stereocenters. The van der Waals surface area contributed by atoms with Crippen LogP contribution >= 0.6 is 0 Å². The summed E-state index contributed by atoms with van der Waals surface area (Å²) < 4.78 is 33.0. The van der Waals surface area contributed by atoms with E-state index in [2.05, 4.69) is 32.2 Å². The molecule has 1 fully saturated rings. The Labute approximate surface area is 257 Å². The number of halogens is 2. The minimum atomic E-state index is -0.872. The zero-order valence-electron chi connectivity index (χ0n) is 25.1. The van der Waals surface area contributed by atoms with Crippen LogP contribution in [0.1, 0.15) is 37.9 Å². The van der Waals surface area contributed by atoms with Crippen molar-refractivity contribution in [1.82, 2.24) is 29.7 Å². The summed E-state index contributed by atoms with van der Waals surface area (Å²) in [7, 11) is 0. The lowest BCUT2D eigenvalue weighted by atomic mass is 10.0. The maximum absolute atomic E-state index is 16.2. The fraction of sp³-hybridized carbons (Fsp3) is 0.312. The molecule has 2 aliphatic heterocycles. The lowest BCUT2D eigenvalue weighted by molar-refractivity contribution is -0.126. The van der Waals surface area contributed by atoms with Gasteiger partial charge in [-0.25, -0.2) is 27.9 Å². The first-order valence-electron chi connectivity index (χ1n) is 14.7. The number of aromatic nitrogens is 4. The third-order valence-electron chi connectivity index (χ3n) is 8.17. The number of urea groups is 1. The summed E-state index contributed by atoms with van der Waals surface area (Å²) in [5.74, 6) is -1.83. The minimum Gasteiger partial charge on any atom is -0.350 e. The van der Waals surface area contributed by atoms with Crippen molar-refractivity contribution in [3.8, 4) is 16.9 Å². The number of carbonyl (C=O) groups is 2. The highest BCUT2D eigenvalue weighted by Crippen LogP contribution is 2.37. The van der Waals surface area contributed by atoms with Gasteiger partial charge in [0.1, 0.15) is 17.3 Å². The minimum absolute atomic E-state index is 0.0133. The van der Waals surface area contributed by atoms with Crippen molar-refractivity contribution < 1.29 is 18.4 Å². The van der Waals surface area contributed by atoms with Gasteiger partial charge in [-0.1, -0.05) is 26.5 Å². The number of benzene rings is 1. The first-order valence-corrected chi connectivity index (χ1v) is 14.7. The smallest absolute Gasteiger partial charge is 0.350 e. The predicted octanol–water partition coefficient (Wildman–Crippen LogP) is 4.15. The predicted molar refractivity (Wildman–Crippen MR) is 167 cm³/mol. The van der Waals surface area contributed by atoms with Crippen molar-refractivity contribution in [1.29, 1.82) is 0 Å². The van der Waals surface area contributed by atoms with Gasteiger partial charge in [-0.3, -0.25) is 9.78 Å². The van der Waals surface area contributed by atoms with Crippen molar-refractivity contribution in [2.75, 3.05) is 36.4 Å². The Bertz CT molecular complexity index is 1930. The molecule has 13 heteroatoms. The molecule has 0 spiro atoms. The molecule has 6 rings (SSSR count). The van der Waals surface area contributed by atoms with Crippen LogP contribution in [-0.2, 0) is 11.2 Å². The Morgan fingerprint density at radius 1 is 1.13 bits per heavy atom. The van der Waals surface area contributed by atoms with Gasteiger partial charge in [-0.05, 0) is 55.2 Å². The lowest BCUT2D eigenvalue weighted by Gasteiger charge is -2.40. The number of piperazine rings is 1. The molecule has 2 bridgehead atoms. The van der Waals surface area contributed by atoms with Crippen molar-refractivity contribution in [2.45, 2.75) is 39.2 Å². The summed E-state index contributed by atoms with van der Waals surface area (Å²) in [5, 5.41) is 5.60. The molecule has 232 valence electrons. The molecule has 11 nitrogen and oxygen atoms in total. The number of anilines is 2. The molecule has 0 saturated carbocycles. The summed E-state index contributed by atoms with van der Waals surface area (Å²) in [6.07, 6.45) is 3.21. The van der Waals surface area contributed by atoms with E-state index in [-0.39, 0.29) is 58.2 Å². The van der Waals surface area contributed by atoms with Gasteiger partial charge in [0.15, 0.2) is 11.5 Å². The van der Waals surface area contributed by atoms with E-state index in [4.69, 9.17) is 0 Å². The Morgan fingerprint density at radius 2 is 1.93 bits per heavy atom. The molecule has 0 aliphatic carbocycles. The zero-order chi connectivity index (χ0) is 32.0. The van der Waals surface area contributed by atoms with Crippen LogP contribution in [0.4, 0.5) is 25.1 Å². The number of fused-ring (bicyclic) bond motifs is 5. The second-order valence-corrected chi connectivity index (χ2v) is 11.4. The molecular weight excluding hydrogens is 582 g/mol. The molecule has 45 heavy (non-hydrogen) atoms. The van der Waals surface area contributed by atoms with Crippen LogP contribution in [0, 0.1) is 11.6 Å².